The van der Waals surface area contributed by atoms with Crippen molar-refractivity contribution < 1.29 is 0 Å². The highest BCUT2D eigenvalue weighted by atomic mass is 32.2. The molecule has 0 spiro atoms. The van der Waals surface area contributed by atoms with Gasteiger partial charge in [-0.15, -0.1) is 0 Å². The van der Waals surface area contributed by atoms with Crippen LogP contribution in [0.4, 0.5) is 0 Å². The van der Waals surface area contributed by atoms with Crippen LogP contribution >= 0.6 is 11.8 Å². The molecular formula is C3H5N2S. The van der Waals surface area contributed by atoms with Crippen LogP contribution in [0.25, 0.3) is 0 Å². The molecule has 3 heteroatoms. The molecule has 0 aromatic rings. The number of nitrogens with one attached hydrogen (secondary N) is 1. The van der Waals surface area contributed by atoms with Gasteiger partial charge in [0.1, 0.15) is 5.50 Å². The maximum absolute atomic E-state index is 5.29. The molecular weight excluding hydrogens is 96.1 g/mol. The molecule has 0 aromatic heterocycles. The quantitative estimate of drug-likeness (QED) is 0.445. The van der Waals surface area contributed by atoms with E-state index >= 15 is 0 Å². The molecule has 33 valence electrons. The Morgan fingerprint density at radius 3 is 3.00 bits per heavy atom. The molecule has 1 heterocycles. The molecule has 0 fully saturated rings. The number of hydrogen-bond acceptors (Lipinski definition) is 3. The second kappa shape index (κ2) is 1.53. The zero-order chi connectivity index (χ0) is 4.41. The maximum atomic E-state index is 5.29. The van der Waals surface area contributed by atoms with E-state index < -0.39 is 0 Å². The van der Waals surface area contributed by atoms with Crippen molar-refractivity contribution in [3.05, 3.63) is 11.6 Å². The molecule has 1 aliphatic heterocycles. The van der Waals surface area contributed by atoms with Crippen LogP contribution < -0.4 is 11.1 Å². The molecule has 0 aliphatic carbocycles. The first-order chi connectivity index (χ1) is 2.89. The van der Waals surface area contributed by atoms with Gasteiger partial charge in [-0.1, -0.05) is 11.8 Å². The molecule has 1 unspecified atom stereocenters. The normalized spacial score (nSPS) is 30.5. The van der Waals surface area contributed by atoms with Crippen LogP contribution in [-0.2, 0) is 0 Å². The van der Waals surface area contributed by atoms with E-state index in [-0.39, 0.29) is 5.50 Å². The molecule has 6 heavy (non-hydrogen) atoms. The monoisotopic (exact) mass is 101 g/mol. The Morgan fingerprint density at radius 1 is 2.00 bits per heavy atom. The standard InChI is InChI=1S/C3H5N2S/c4-3-5-1-2-6-3/h2-3,5H,4H2. The molecule has 1 atom stereocenters. The van der Waals surface area contributed by atoms with E-state index in [2.05, 4.69) is 11.5 Å². The molecule has 0 amide bonds. The van der Waals surface area contributed by atoms with Crippen LogP contribution in [0.15, 0.2) is 5.41 Å². The lowest BCUT2D eigenvalue weighted by Gasteiger charge is -1.96. The van der Waals surface area contributed by atoms with Gasteiger partial charge >= 0.3 is 0 Å². The summed E-state index contributed by atoms with van der Waals surface area (Å²) in [5.74, 6) is 0. The van der Waals surface area contributed by atoms with Crippen LogP contribution in [0, 0.1) is 6.20 Å². The summed E-state index contributed by atoms with van der Waals surface area (Å²) < 4.78 is 0. The smallest absolute Gasteiger partial charge is 0.127 e. The third-order valence-corrected chi connectivity index (χ3v) is 1.16. The summed E-state index contributed by atoms with van der Waals surface area (Å²) in [6.45, 7) is 0. The molecule has 2 nitrogen and oxygen atoms in total. The van der Waals surface area contributed by atoms with Crippen LogP contribution in [0.3, 0.4) is 0 Å². The summed E-state index contributed by atoms with van der Waals surface area (Å²) in [4.78, 5) is 0. The van der Waals surface area contributed by atoms with Crippen molar-refractivity contribution in [3.63, 3.8) is 0 Å². The fraction of sp³-hybridized carbons (Fsp3) is 0.333. The molecule has 3 N–H and O–H groups in total. The molecule has 1 aliphatic rings. The van der Waals surface area contributed by atoms with Crippen LogP contribution in [0.5, 0.6) is 0 Å². The summed E-state index contributed by atoms with van der Waals surface area (Å²) in [5.41, 5.74) is 5.34. The van der Waals surface area contributed by atoms with Crippen LogP contribution in [-0.4, -0.2) is 5.50 Å². The largest absolute Gasteiger partial charge is 0.359 e. The van der Waals surface area contributed by atoms with Gasteiger partial charge in [0.05, 0.1) is 6.20 Å². The minimum atomic E-state index is 0.0463. The molecule has 1 rings (SSSR count). The fourth-order valence-corrected chi connectivity index (χ4v) is 0.676. The van der Waals surface area contributed by atoms with Crippen molar-refractivity contribution >= 4 is 11.8 Å². The predicted molar refractivity (Wildman–Crippen MR) is 26.5 cm³/mol. The van der Waals surface area contributed by atoms with E-state index in [1.807, 2.05) is 5.41 Å². The highest BCUT2D eigenvalue weighted by Gasteiger charge is 1.99. The lowest BCUT2D eigenvalue weighted by molar-refractivity contribution is 0.819. The lowest BCUT2D eigenvalue weighted by Crippen LogP contribution is -2.25. The van der Waals surface area contributed by atoms with Gasteiger partial charge in [0.25, 0.3) is 0 Å². The van der Waals surface area contributed by atoms with E-state index in [4.69, 9.17) is 5.73 Å². The third kappa shape index (κ3) is 0.666. The van der Waals surface area contributed by atoms with Crippen LogP contribution in [0.2, 0.25) is 0 Å². The summed E-state index contributed by atoms with van der Waals surface area (Å²) >= 11 is 1.53. The van der Waals surface area contributed by atoms with Crippen molar-refractivity contribution in [2.45, 2.75) is 5.50 Å². The van der Waals surface area contributed by atoms with E-state index in [0.29, 0.717) is 0 Å². The van der Waals surface area contributed by atoms with Gasteiger partial charge < -0.3 is 11.1 Å². The zero-order valence-electron chi connectivity index (χ0n) is 3.14. The minimum absolute atomic E-state index is 0.0463. The molecule has 1 radical (unpaired) electrons. The number of thioether (sulfide) groups is 1. The Hall–Kier alpha value is -0.150. The van der Waals surface area contributed by atoms with E-state index in [0.717, 1.165) is 0 Å². The second-order valence-corrected chi connectivity index (χ2v) is 1.98. The lowest BCUT2D eigenvalue weighted by atomic mass is 10.9. The van der Waals surface area contributed by atoms with Crippen molar-refractivity contribution in [3.8, 4) is 0 Å². The van der Waals surface area contributed by atoms with E-state index in [1.165, 1.54) is 11.8 Å². The molecule has 0 saturated carbocycles. The SMILES string of the molecule is NC1N[C]=CS1. The van der Waals surface area contributed by atoms with E-state index in [9.17, 15) is 0 Å². The molecule has 0 aromatic carbocycles. The van der Waals surface area contributed by atoms with Crippen molar-refractivity contribution in [1.29, 1.82) is 0 Å². The molecule has 0 bridgehead atoms. The summed E-state index contributed by atoms with van der Waals surface area (Å²) in [7, 11) is 0. The van der Waals surface area contributed by atoms with Crippen molar-refractivity contribution in [2.24, 2.45) is 5.73 Å². The first-order valence-corrected chi connectivity index (χ1v) is 2.57. The van der Waals surface area contributed by atoms with Gasteiger partial charge in [0.15, 0.2) is 0 Å². The number of hydrogen-bond donors (Lipinski definition) is 2. The Balaban J connectivity index is 2.32. The van der Waals surface area contributed by atoms with Gasteiger partial charge in [-0.25, -0.2) is 0 Å². The van der Waals surface area contributed by atoms with Gasteiger partial charge in [-0.3, -0.25) is 0 Å². The average molecular weight is 101 g/mol. The maximum Gasteiger partial charge on any atom is 0.127 e. The summed E-state index contributed by atoms with van der Waals surface area (Å²) in [6.07, 6.45) is 2.73. The van der Waals surface area contributed by atoms with Crippen molar-refractivity contribution in [2.75, 3.05) is 0 Å². The second-order valence-electron chi connectivity index (χ2n) is 0.963. The summed E-state index contributed by atoms with van der Waals surface area (Å²) in [5, 5.41) is 4.56. The number of nitrogens with two attached hydrogens (primary N) is 1. The highest BCUT2D eigenvalue weighted by Crippen LogP contribution is 2.07. The topological polar surface area (TPSA) is 38.0 Å². The van der Waals surface area contributed by atoms with Gasteiger partial charge in [0, 0.05) is 0 Å². The van der Waals surface area contributed by atoms with Crippen molar-refractivity contribution in [1.82, 2.24) is 5.32 Å². The summed E-state index contributed by atoms with van der Waals surface area (Å²) in [6, 6.07) is 0. The van der Waals surface area contributed by atoms with Gasteiger partial charge in [-0.2, -0.15) is 0 Å². The van der Waals surface area contributed by atoms with Crippen LogP contribution in [0.1, 0.15) is 0 Å². The van der Waals surface area contributed by atoms with Gasteiger partial charge in [0.2, 0.25) is 0 Å². The Bertz CT molecular complexity index is 63.2. The zero-order valence-corrected chi connectivity index (χ0v) is 3.96. The molecule has 0 saturated heterocycles. The minimum Gasteiger partial charge on any atom is -0.359 e. The Kier molecular flexibility index (Phi) is 1.03. The predicted octanol–water partition coefficient (Wildman–Crippen LogP) is -0.161. The first kappa shape index (κ1) is 4.02. The fourth-order valence-electron chi connectivity index (χ4n) is 0.257. The number of rotatable bonds is 0. The van der Waals surface area contributed by atoms with E-state index in [1.54, 1.807) is 0 Å². The highest BCUT2D eigenvalue weighted by molar-refractivity contribution is 8.02. The third-order valence-electron chi connectivity index (χ3n) is 0.499. The average Bonchev–Trinajstić information content (AvgIpc) is 1.86. The first-order valence-electron chi connectivity index (χ1n) is 1.63. The Labute approximate surface area is 40.8 Å². The van der Waals surface area contributed by atoms with Gasteiger partial charge in [-0.05, 0) is 5.41 Å². The Morgan fingerprint density at radius 2 is 2.83 bits per heavy atom.